The van der Waals surface area contributed by atoms with Crippen LogP contribution in [-0.4, -0.2) is 54.7 Å². The van der Waals surface area contributed by atoms with Gasteiger partial charge in [0.25, 0.3) is 5.91 Å². The molecular weight excluding hydrogens is 527 g/mol. The summed E-state index contributed by atoms with van der Waals surface area (Å²) >= 11 is 0. The van der Waals surface area contributed by atoms with Gasteiger partial charge in [0.2, 0.25) is 5.91 Å². The Bertz CT molecular complexity index is 1170. The Balaban J connectivity index is 2.07. The quantitative estimate of drug-likeness (QED) is 0.221. The van der Waals surface area contributed by atoms with Crippen LogP contribution in [0.4, 0.5) is 23.7 Å². The predicted molar refractivity (Wildman–Crippen MR) is 147 cm³/mol. The lowest BCUT2D eigenvalue weighted by Gasteiger charge is -2.25. The van der Waals surface area contributed by atoms with Gasteiger partial charge in [0.15, 0.2) is 0 Å². The van der Waals surface area contributed by atoms with E-state index in [0.717, 1.165) is 28.8 Å². The first kappa shape index (κ1) is 32.6. The van der Waals surface area contributed by atoms with Crippen LogP contribution >= 0.6 is 0 Å². The van der Waals surface area contributed by atoms with Gasteiger partial charge in [-0.3, -0.25) is 9.59 Å². The first-order valence-corrected chi connectivity index (χ1v) is 13.1. The van der Waals surface area contributed by atoms with Crippen molar-refractivity contribution in [2.45, 2.75) is 65.4 Å². The third kappa shape index (κ3) is 10.2. The maximum atomic E-state index is 13.3. The molecule has 4 amide bonds. The number of urea groups is 1. The lowest BCUT2D eigenvalue weighted by molar-refractivity contribution is -0.137. The fraction of sp³-hybridized carbons (Fsp3) is 0.464. The summed E-state index contributed by atoms with van der Waals surface area (Å²) < 4.78 is 39.8. The van der Waals surface area contributed by atoms with Crippen LogP contribution in [0, 0.1) is 13.8 Å². The highest BCUT2D eigenvalue weighted by atomic mass is 19.4. The highest BCUT2D eigenvalue weighted by molar-refractivity contribution is 6.04. The number of benzene rings is 2. The summed E-state index contributed by atoms with van der Waals surface area (Å²) in [5.41, 5.74) is 1.65. The molecule has 0 fully saturated rings. The summed E-state index contributed by atoms with van der Waals surface area (Å²) in [6.45, 7) is 8.03. The monoisotopic (exact) mass is 565 g/mol. The van der Waals surface area contributed by atoms with Crippen molar-refractivity contribution < 1.29 is 32.7 Å². The molecule has 0 aliphatic rings. The number of hydrogen-bond acceptors (Lipinski definition) is 5. The topological polar surface area (TPSA) is 132 Å². The van der Waals surface area contributed by atoms with Crippen molar-refractivity contribution in [3.05, 3.63) is 64.2 Å². The van der Waals surface area contributed by atoms with E-state index in [1.54, 1.807) is 6.92 Å². The van der Waals surface area contributed by atoms with Crippen molar-refractivity contribution in [2.24, 2.45) is 0 Å². The van der Waals surface area contributed by atoms with Crippen LogP contribution in [0.3, 0.4) is 0 Å². The van der Waals surface area contributed by atoms with E-state index in [-0.39, 0.29) is 18.8 Å². The van der Waals surface area contributed by atoms with Crippen LogP contribution in [0.2, 0.25) is 0 Å². The number of aliphatic hydroxyl groups excluding tert-OH is 1. The van der Waals surface area contributed by atoms with Crippen molar-refractivity contribution in [3.8, 4) is 0 Å². The molecule has 12 heteroatoms. The van der Waals surface area contributed by atoms with Gasteiger partial charge in [-0.05, 0) is 56.5 Å². The van der Waals surface area contributed by atoms with Gasteiger partial charge in [-0.2, -0.15) is 13.2 Å². The summed E-state index contributed by atoms with van der Waals surface area (Å²) in [7, 11) is 0. The summed E-state index contributed by atoms with van der Waals surface area (Å²) in [5, 5.41) is 23.6. The van der Waals surface area contributed by atoms with Gasteiger partial charge in [0, 0.05) is 19.6 Å². The fourth-order valence-electron chi connectivity index (χ4n) is 4.04. The number of alkyl halides is 3. The minimum atomic E-state index is -4.72. The Kier molecular flexibility index (Phi) is 12.4. The Labute approximate surface area is 232 Å². The number of hydrogen-bond donors (Lipinski definition) is 6. The Morgan fingerprint density at radius 1 is 1.00 bits per heavy atom. The molecule has 220 valence electrons. The molecule has 2 aromatic carbocycles. The number of anilines is 1. The van der Waals surface area contributed by atoms with E-state index in [1.807, 2.05) is 32.9 Å². The molecule has 0 saturated carbocycles. The van der Waals surface area contributed by atoms with Crippen LogP contribution in [-0.2, 0) is 17.5 Å². The third-order valence-corrected chi connectivity index (χ3v) is 6.16. The van der Waals surface area contributed by atoms with Gasteiger partial charge in [0.05, 0.1) is 35.5 Å². The highest BCUT2D eigenvalue weighted by Crippen LogP contribution is 2.32. The van der Waals surface area contributed by atoms with Gasteiger partial charge < -0.3 is 31.7 Å². The van der Waals surface area contributed by atoms with E-state index in [1.165, 1.54) is 0 Å². The summed E-state index contributed by atoms with van der Waals surface area (Å²) in [4.78, 5) is 37.4. The second-order valence-corrected chi connectivity index (χ2v) is 9.52. The van der Waals surface area contributed by atoms with E-state index in [0.29, 0.717) is 25.5 Å². The van der Waals surface area contributed by atoms with Crippen molar-refractivity contribution in [2.75, 3.05) is 25.0 Å². The number of aliphatic hydroxyl groups is 1. The number of nitrogens with one attached hydrogen (secondary N) is 5. The standard InChI is InChI=1S/C28H38F3N5O4/c1-5-7-24(37)23(15-32-14-19-9-8-17(3)12-18(19)4)35-25(38)16-34-26(39)21-13-20(28(29,30)31)10-11-22(21)36-27(40)33-6-2/h8-13,23-24,32,37H,5-7,14-16H2,1-4H3,(H,34,39)(H,35,38)(H2,33,36,40)/t23-,24-/m0/s1. The van der Waals surface area contributed by atoms with Crippen molar-refractivity contribution in [1.82, 2.24) is 21.3 Å². The summed E-state index contributed by atoms with van der Waals surface area (Å²) in [6.07, 6.45) is -4.46. The lowest BCUT2D eigenvalue weighted by Crippen LogP contribution is -2.51. The van der Waals surface area contributed by atoms with Crippen LogP contribution in [0.25, 0.3) is 0 Å². The molecule has 0 spiro atoms. The van der Waals surface area contributed by atoms with Gasteiger partial charge in [0.1, 0.15) is 0 Å². The van der Waals surface area contributed by atoms with Crippen molar-refractivity contribution in [1.29, 1.82) is 0 Å². The SMILES string of the molecule is CCC[C@H](O)[C@H](CNCc1ccc(C)cc1C)NC(=O)CNC(=O)c1cc(C(F)(F)F)ccc1NC(=O)NCC. The maximum Gasteiger partial charge on any atom is 0.416 e. The largest absolute Gasteiger partial charge is 0.416 e. The number of carbonyl (C=O) groups is 3. The zero-order valence-electron chi connectivity index (χ0n) is 23.2. The molecule has 9 nitrogen and oxygen atoms in total. The van der Waals surface area contributed by atoms with Gasteiger partial charge in [-0.15, -0.1) is 0 Å². The minimum Gasteiger partial charge on any atom is -0.391 e. The highest BCUT2D eigenvalue weighted by Gasteiger charge is 2.32. The van der Waals surface area contributed by atoms with Crippen molar-refractivity contribution in [3.63, 3.8) is 0 Å². The molecule has 0 aliphatic carbocycles. The van der Waals surface area contributed by atoms with Gasteiger partial charge in [-0.1, -0.05) is 37.1 Å². The Morgan fingerprint density at radius 3 is 2.35 bits per heavy atom. The zero-order valence-corrected chi connectivity index (χ0v) is 23.2. The molecule has 0 unspecified atom stereocenters. The first-order valence-electron chi connectivity index (χ1n) is 13.1. The second kappa shape index (κ2) is 15.2. The number of rotatable bonds is 13. The maximum absolute atomic E-state index is 13.3. The molecule has 0 bridgehead atoms. The molecular formula is C28H38F3N5O4. The molecule has 2 atom stereocenters. The van der Waals surface area contributed by atoms with Crippen LogP contribution < -0.4 is 26.6 Å². The molecule has 0 aliphatic heterocycles. The van der Waals surface area contributed by atoms with Gasteiger partial charge in [-0.25, -0.2) is 4.79 Å². The first-order chi connectivity index (χ1) is 18.8. The number of halogens is 3. The van der Waals surface area contributed by atoms with Crippen LogP contribution in [0.15, 0.2) is 36.4 Å². The molecule has 6 N–H and O–H groups in total. The number of aryl methyl sites for hydroxylation is 2. The van der Waals surface area contributed by atoms with E-state index < -0.39 is 53.8 Å². The van der Waals surface area contributed by atoms with Crippen LogP contribution in [0.5, 0.6) is 0 Å². The molecule has 0 radical (unpaired) electrons. The molecule has 0 saturated heterocycles. The zero-order chi connectivity index (χ0) is 29.9. The number of amides is 4. The molecule has 0 aromatic heterocycles. The Hall–Kier alpha value is -3.64. The van der Waals surface area contributed by atoms with Crippen LogP contribution in [0.1, 0.15) is 59.3 Å². The molecule has 2 aromatic rings. The average Bonchev–Trinajstić information content (AvgIpc) is 2.87. The third-order valence-electron chi connectivity index (χ3n) is 6.16. The average molecular weight is 566 g/mol. The van der Waals surface area contributed by atoms with Gasteiger partial charge >= 0.3 is 12.2 Å². The summed E-state index contributed by atoms with van der Waals surface area (Å²) in [5.74, 6) is -1.61. The Morgan fingerprint density at radius 2 is 1.73 bits per heavy atom. The smallest absolute Gasteiger partial charge is 0.391 e. The lowest BCUT2D eigenvalue weighted by atomic mass is 10.0. The van der Waals surface area contributed by atoms with E-state index in [4.69, 9.17) is 0 Å². The normalized spacial score (nSPS) is 12.8. The fourth-order valence-corrected chi connectivity index (χ4v) is 4.04. The predicted octanol–water partition coefficient (Wildman–Crippen LogP) is 3.63. The molecule has 0 heterocycles. The van der Waals surface area contributed by atoms with E-state index >= 15 is 0 Å². The van der Waals surface area contributed by atoms with E-state index in [2.05, 4.69) is 32.7 Å². The minimum absolute atomic E-state index is 0.149. The number of carbonyl (C=O) groups excluding carboxylic acids is 3. The summed E-state index contributed by atoms with van der Waals surface area (Å²) in [6, 6.07) is 7.03. The molecule has 2 rings (SSSR count). The van der Waals surface area contributed by atoms with E-state index in [9.17, 15) is 32.7 Å². The molecule has 40 heavy (non-hydrogen) atoms. The van der Waals surface area contributed by atoms with Crippen molar-refractivity contribution >= 4 is 23.5 Å². The second-order valence-electron chi connectivity index (χ2n) is 9.52.